The number of hydrogen-bond acceptors (Lipinski definition) is 1. The molecule has 0 aromatic heterocycles. The minimum atomic E-state index is 0.943. The molecule has 1 heteroatoms. The van der Waals surface area contributed by atoms with Crippen molar-refractivity contribution in [3.05, 3.63) is 0 Å². The SMILES string of the molecule is CCC1CNCCC1C. The molecule has 1 aliphatic rings. The lowest BCUT2D eigenvalue weighted by Crippen LogP contribution is -2.34. The van der Waals surface area contributed by atoms with Crippen LogP contribution in [-0.2, 0) is 0 Å². The van der Waals surface area contributed by atoms with Crippen LogP contribution in [0.5, 0.6) is 0 Å². The summed E-state index contributed by atoms with van der Waals surface area (Å²) < 4.78 is 0. The molecule has 1 rings (SSSR count). The van der Waals surface area contributed by atoms with Gasteiger partial charge in [0.05, 0.1) is 0 Å². The van der Waals surface area contributed by atoms with Crippen LogP contribution in [0.4, 0.5) is 0 Å². The van der Waals surface area contributed by atoms with Gasteiger partial charge < -0.3 is 5.32 Å². The summed E-state index contributed by atoms with van der Waals surface area (Å²) >= 11 is 0. The van der Waals surface area contributed by atoms with Crippen molar-refractivity contribution in [2.45, 2.75) is 26.7 Å². The molecule has 0 amide bonds. The van der Waals surface area contributed by atoms with Crippen LogP contribution in [0.2, 0.25) is 0 Å². The Bertz CT molecular complexity index is 80.6. The first-order valence-corrected chi connectivity index (χ1v) is 4.05. The smallest absolute Gasteiger partial charge is 0.00181 e. The van der Waals surface area contributed by atoms with Crippen LogP contribution in [0.25, 0.3) is 0 Å². The highest BCUT2D eigenvalue weighted by atomic mass is 14.9. The van der Waals surface area contributed by atoms with Gasteiger partial charge in [0, 0.05) is 0 Å². The zero-order valence-electron chi connectivity index (χ0n) is 6.48. The average molecular weight is 127 g/mol. The van der Waals surface area contributed by atoms with Gasteiger partial charge in [-0.25, -0.2) is 0 Å². The van der Waals surface area contributed by atoms with Gasteiger partial charge in [-0.2, -0.15) is 0 Å². The first-order chi connectivity index (χ1) is 4.34. The van der Waals surface area contributed by atoms with E-state index in [0.717, 1.165) is 11.8 Å². The molecule has 0 bridgehead atoms. The highest BCUT2D eigenvalue weighted by Crippen LogP contribution is 2.20. The number of hydrogen-bond donors (Lipinski definition) is 1. The van der Waals surface area contributed by atoms with Gasteiger partial charge in [-0.05, 0) is 31.3 Å². The molecule has 1 saturated heterocycles. The summed E-state index contributed by atoms with van der Waals surface area (Å²) in [6.07, 6.45) is 2.71. The van der Waals surface area contributed by atoms with Crippen molar-refractivity contribution in [1.29, 1.82) is 0 Å². The van der Waals surface area contributed by atoms with Gasteiger partial charge in [0.15, 0.2) is 0 Å². The van der Waals surface area contributed by atoms with Crippen molar-refractivity contribution in [3.8, 4) is 0 Å². The summed E-state index contributed by atoms with van der Waals surface area (Å²) in [6.45, 7) is 7.14. The maximum Gasteiger partial charge on any atom is -0.00181 e. The van der Waals surface area contributed by atoms with Gasteiger partial charge in [-0.15, -0.1) is 0 Å². The third-order valence-corrected chi connectivity index (χ3v) is 2.51. The summed E-state index contributed by atoms with van der Waals surface area (Å²) in [5.41, 5.74) is 0. The number of piperidine rings is 1. The van der Waals surface area contributed by atoms with Gasteiger partial charge in [0.1, 0.15) is 0 Å². The lowest BCUT2D eigenvalue weighted by Gasteiger charge is -2.28. The molecule has 0 aromatic carbocycles. The molecule has 0 aliphatic carbocycles. The molecule has 1 fully saturated rings. The van der Waals surface area contributed by atoms with Crippen molar-refractivity contribution >= 4 is 0 Å². The predicted octanol–water partition coefficient (Wildman–Crippen LogP) is 1.64. The Balaban J connectivity index is 2.30. The van der Waals surface area contributed by atoms with E-state index in [0.29, 0.717) is 0 Å². The fraction of sp³-hybridized carbons (Fsp3) is 1.00. The zero-order valence-corrected chi connectivity index (χ0v) is 6.48. The fourth-order valence-electron chi connectivity index (χ4n) is 1.60. The molecule has 0 spiro atoms. The standard InChI is InChI=1S/C8H17N/c1-3-8-6-9-5-4-7(8)2/h7-9H,3-6H2,1-2H3. The topological polar surface area (TPSA) is 12.0 Å². The third kappa shape index (κ3) is 1.68. The van der Waals surface area contributed by atoms with Crippen LogP contribution >= 0.6 is 0 Å². The molecule has 1 nitrogen and oxygen atoms in total. The van der Waals surface area contributed by atoms with Crippen LogP contribution in [0, 0.1) is 11.8 Å². The molecular formula is C8H17N. The van der Waals surface area contributed by atoms with Crippen molar-refractivity contribution in [3.63, 3.8) is 0 Å². The van der Waals surface area contributed by atoms with Gasteiger partial charge in [-0.1, -0.05) is 20.3 Å². The fourth-order valence-corrected chi connectivity index (χ4v) is 1.60. The summed E-state index contributed by atoms with van der Waals surface area (Å²) in [7, 11) is 0. The lowest BCUT2D eigenvalue weighted by molar-refractivity contribution is 0.267. The molecular weight excluding hydrogens is 110 g/mol. The molecule has 1 heterocycles. The first-order valence-electron chi connectivity index (χ1n) is 4.05. The normalized spacial score (nSPS) is 36.7. The predicted molar refractivity (Wildman–Crippen MR) is 40.4 cm³/mol. The van der Waals surface area contributed by atoms with E-state index in [1.54, 1.807) is 0 Å². The average Bonchev–Trinajstić information content (AvgIpc) is 1.89. The van der Waals surface area contributed by atoms with Crippen LogP contribution in [0.1, 0.15) is 26.7 Å². The van der Waals surface area contributed by atoms with Crippen molar-refractivity contribution < 1.29 is 0 Å². The summed E-state index contributed by atoms with van der Waals surface area (Å²) in [5, 5.41) is 3.42. The van der Waals surface area contributed by atoms with E-state index in [4.69, 9.17) is 0 Å². The quantitative estimate of drug-likeness (QED) is 0.564. The Labute approximate surface area is 57.8 Å². The van der Waals surface area contributed by atoms with E-state index >= 15 is 0 Å². The summed E-state index contributed by atoms with van der Waals surface area (Å²) in [5.74, 6) is 1.90. The van der Waals surface area contributed by atoms with E-state index in [-0.39, 0.29) is 0 Å². The third-order valence-electron chi connectivity index (χ3n) is 2.51. The molecule has 0 radical (unpaired) electrons. The Morgan fingerprint density at radius 1 is 1.56 bits per heavy atom. The maximum atomic E-state index is 3.42. The summed E-state index contributed by atoms with van der Waals surface area (Å²) in [4.78, 5) is 0. The van der Waals surface area contributed by atoms with Gasteiger partial charge in [-0.3, -0.25) is 0 Å². The van der Waals surface area contributed by atoms with Crippen molar-refractivity contribution in [2.24, 2.45) is 11.8 Å². The highest BCUT2D eigenvalue weighted by Gasteiger charge is 2.18. The van der Waals surface area contributed by atoms with Gasteiger partial charge >= 0.3 is 0 Å². The minimum absolute atomic E-state index is 0.943. The number of rotatable bonds is 1. The highest BCUT2D eigenvalue weighted by molar-refractivity contribution is 4.73. The first kappa shape index (κ1) is 7.07. The van der Waals surface area contributed by atoms with E-state index in [2.05, 4.69) is 19.2 Å². The molecule has 0 saturated carbocycles. The number of nitrogens with one attached hydrogen (secondary N) is 1. The Morgan fingerprint density at radius 3 is 2.78 bits per heavy atom. The van der Waals surface area contributed by atoms with E-state index < -0.39 is 0 Å². The van der Waals surface area contributed by atoms with Crippen molar-refractivity contribution in [2.75, 3.05) is 13.1 Å². The van der Waals surface area contributed by atoms with E-state index in [1.165, 1.54) is 25.9 Å². The minimum Gasteiger partial charge on any atom is -0.316 e. The second-order valence-electron chi connectivity index (χ2n) is 3.14. The van der Waals surface area contributed by atoms with E-state index in [9.17, 15) is 0 Å². The molecule has 1 N–H and O–H groups in total. The lowest BCUT2D eigenvalue weighted by atomic mass is 9.86. The summed E-state index contributed by atoms with van der Waals surface area (Å²) in [6, 6.07) is 0. The van der Waals surface area contributed by atoms with Crippen LogP contribution in [0.3, 0.4) is 0 Å². The molecule has 2 unspecified atom stereocenters. The Morgan fingerprint density at radius 2 is 2.33 bits per heavy atom. The second-order valence-corrected chi connectivity index (χ2v) is 3.14. The molecule has 0 aromatic rings. The van der Waals surface area contributed by atoms with E-state index in [1.807, 2.05) is 0 Å². The van der Waals surface area contributed by atoms with Crippen LogP contribution < -0.4 is 5.32 Å². The molecule has 9 heavy (non-hydrogen) atoms. The molecule has 1 aliphatic heterocycles. The van der Waals surface area contributed by atoms with Gasteiger partial charge in [0.25, 0.3) is 0 Å². The monoisotopic (exact) mass is 127 g/mol. The van der Waals surface area contributed by atoms with Crippen LogP contribution in [0.15, 0.2) is 0 Å². The maximum absolute atomic E-state index is 3.42. The Hall–Kier alpha value is -0.0400. The largest absolute Gasteiger partial charge is 0.316 e. The molecule has 54 valence electrons. The van der Waals surface area contributed by atoms with Crippen LogP contribution in [-0.4, -0.2) is 13.1 Å². The zero-order chi connectivity index (χ0) is 6.69. The van der Waals surface area contributed by atoms with Crippen molar-refractivity contribution in [1.82, 2.24) is 5.32 Å². The molecule has 2 atom stereocenters. The second kappa shape index (κ2) is 3.21. The Kier molecular flexibility index (Phi) is 2.52. The van der Waals surface area contributed by atoms with Gasteiger partial charge in [0.2, 0.25) is 0 Å².